The number of aliphatic carboxylic acids is 1. The molecule has 1 saturated carbocycles. The van der Waals surface area contributed by atoms with Gasteiger partial charge in [-0.05, 0) is 31.6 Å². The summed E-state index contributed by atoms with van der Waals surface area (Å²) in [7, 11) is -3.89. The third-order valence-corrected chi connectivity index (χ3v) is 5.47. The Morgan fingerprint density at radius 2 is 1.78 bits per heavy atom. The summed E-state index contributed by atoms with van der Waals surface area (Å²) in [6, 6.07) is 0. The maximum atomic E-state index is 12.0. The predicted molar refractivity (Wildman–Crippen MR) is 63.7 cm³/mol. The lowest BCUT2D eigenvalue weighted by atomic mass is 10.3. The largest absolute Gasteiger partial charge is 0.480 e. The zero-order chi connectivity index (χ0) is 13.3. The van der Waals surface area contributed by atoms with E-state index in [4.69, 9.17) is 5.11 Å². The molecular weight excluding hydrogens is 258 g/mol. The Morgan fingerprint density at radius 3 is 2.22 bits per heavy atom. The summed E-state index contributed by atoms with van der Waals surface area (Å²) < 4.78 is 24.0. The fourth-order valence-corrected chi connectivity index (χ4v) is 4.24. The van der Waals surface area contributed by atoms with Gasteiger partial charge in [-0.25, -0.2) is 8.42 Å². The summed E-state index contributed by atoms with van der Waals surface area (Å²) in [5.74, 6) is -2.76. The molecule has 18 heavy (non-hydrogen) atoms. The van der Waals surface area contributed by atoms with Crippen LogP contribution in [0.1, 0.15) is 25.7 Å². The molecule has 1 heterocycles. The molecule has 0 aromatic carbocycles. The van der Waals surface area contributed by atoms with Gasteiger partial charge < -0.3 is 10.0 Å². The summed E-state index contributed by atoms with van der Waals surface area (Å²) in [6.45, 7) is 1.16. The summed E-state index contributed by atoms with van der Waals surface area (Å²) in [4.78, 5) is 24.3. The average Bonchev–Trinajstić information content (AvgIpc) is 2.91. The number of rotatable bonds is 5. The first kappa shape index (κ1) is 13.3. The highest BCUT2D eigenvalue weighted by Crippen LogP contribution is 2.36. The van der Waals surface area contributed by atoms with Crippen molar-refractivity contribution in [2.45, 2.75) is 30.9 Å². The van der Waals surface area contributed by atoms with Gasteiger partial charge in [0.1, 0.15) is 5.75 Å². The molecule has 1 unspecified atom stereocenters. The Hall–Kier alpha value is -1.11. The number of carboxylic acid groups (broad SMARTS) is 1. The smallest absolute Gasteiger partial charge is 0.322 e. The van der Waals surface area contributed by atoms with Gasteiger partial charge in [-0.15, -0.1) is 0 Å². The Labute approximate surface area is 106 Å². The molecule has 1 atom stereocenters. The minimum atomic E-state index is -3.89. The fraction of sp³-hybridized carbons (Fsp3) is 0.818. The van der Waals surface area contributed by atoms with Crippen molar-refractivity contribution in [3.63, 3.8) is 0 Å². The molecule has 2 rings (SSSR count). The van der Waals surface area contributed by atoms with E-state index in [2.05, 4.69) is 0 Å². The molecule has 0 radical (unpaired) electrons. The molecule has 0 spiro atoms. The number of hydrogen-bond donors (Lipinski definition) is 1. The van der Waals surface area contributed by atoms with Crippen molar-refractivity contribution < 1.29 is 23.1 Å². The maximum absolute atomic E-state index is 12.0. The van der Waals surface area contributed by atoms with Gasteiger partial charge in [-0.3, -0.25) is 9.59 Å². The van der Waals surface area contributed by atoms with Gasteiger partial charge in [-0.1, -0.05) is 0 Å². The van der Waals surface area contributed by atoms with Crippen molar-refractivity contribution >= 4 is 21.7 Å². The molecule has 1 N–H and O–H groups in total. The highest BCUT2D eigenvalue weighted by molar-refractivity contribution is 7.93. The molecule has 2 fully saturated rings. The minimum absolute atomic E-state index is 0.307. The minimum Gasteiger partial charge on any atom is -0.480 e. The molecule has 6 nitrogen and oxygen atoms in total. The zero-order valence-electron chi connectivity index (χ0n) is 10.0. The topological polar surface area (TPSA) is 91.7 Å². The van der Waals surface area contributed by atoms with Crippen LogP contribution in [0.4, 0.5) is 0 Å². The highest BCUT2D eigenvalue weighted by atomic mass is 32.2. The van der Waals surface area contributed by atoms with Gasteiger partial charge >= 0.3 is 5.97 Å². The molecule has 1 amide bonds. The quantitative estimate of drug-likeness (QED) is 0.755. The first-order valence-electron chi connectivity index (χ1n) is 6.14. The average molecular weight is 275 g/mol. The van der Waals surface area contributed by atoms with Gasteiger partial charge in [0.25, 0.3) is 0 Å². The molecule has 102 valence electrons. The van der Waals surface area contributed by atoms with Crippen LogP contribution in [0.15, 0.2) is 0 Å². The van der Waals surface area contributed by atoms with Gasteiger partial charge in [-0.2, -0.15) is 0 Å². The number of hydrogen-bond acceptors (Lipinski definition) is 4. The second-order valence-corrected chi connectivity index (χ2v) is 7.11. The van der Waals surface area contributed by atoms with Crippen molar-refractivity contribution in [3.05, 3.63) is 0 Å². The number of amides is 1. The first-order valence-corrected chi connectivity index (χ1v) is 7.85. The van der Waals surface area contributed by atoms with Crippen molar-refractivity contribution in [2.75, 3.05) is 18.8 Å². The molecule has 1 aliphatic carbocycles. The Balaban J connectivity index is 2.05. The summed E-state index contributed by atoms with van der Waals surface area (Å²) in [6.07, 6.45) is 3.01. The SMILES string of the molecule is O=C(O)C(C1CC1)S(=O)(=O)CC(=O)N1CCCC1. The third-order valence-electron chi connectivity index (χ3n) is 3.46. The number of likely N-dealkylation sites (tertiary alicyclic amines) is 1. The van der Waals surface area contributed by atoms with Crippen LogP contribution in [0.3, 0.4) is 0 Å². The highest BCUT2D eigenvalue weighted by Gasteiger charge is 2.46. The van der Waals surface area contributed by atoms with Crippen LogP contribution in [-0.4, -0.2) is 54.4 Å². The summed E-state index contributed by atoms with van der Waals surface area (Å²) in [5, 5.41) is 7.59. The fourth-order valence-electron chi connectivity index (χ4n) is 2.37. The van der Waals surface area contributed by atoms with E-state index < -0.39 is 32.7 Å². The molecule has 0 aromatic rings. The van der Waals surface area contributed by atoms with E-state index >= 15 is 0 Å². The van der Waals surface area contributed by atoms with E-state index in [0.29, 0.717) is 25.9 Å². The number of sulfone groups is 1. The maximum Gasteiger partial charge on any atom is 0.322 e. The number of nitrogens with zero attached hydrogens (tertiary/aromatic N) is 1. The van der Waals surface area contributed by atoms with Crippen LogP contribution >= 0.6 is 0 Å². The molecule has 1 saturated heterocycles. The Morgan fingerprint density at radius 1 is 1.22 bits per heavy atom. The lowest BCUT2D eigenvalue weighted by Gasteiger charge is -2.17. The Bertz CT molecular complexity index is 448. The van der Waals surface area contributed by atoms with Crippen LogP contribution in [0, 0.1) is 5.92 Å². The third kappa shape index (κ3) is 2.82. The lowest BCUT2D eigenvalue weighted by molar-refractivity contribution is -0.136. The van der Waals surface area contributed by atoms with Gasteiger partial charge in [0.15, 0.2) is 15.1 Å². The molecule has 7 heteroatoms. The number of carboxylic acids is 1. The number of carbonyl (C=O) groups excluding carboxylic acids is 1. The van der Waals surface area contributed by atoms with E-state index in [1.165, 1.54) is 4.90 Å². The van der Waals surface area contributed by atoms with Crippen molar-refractivity contribution in [1.29, 1.82) is 0 Å². The van der Waals surface area contributed by atoms with E-state index in [1.807, 2.05) is 0 Å². The van der Waals surface area contributed by atoms with Crippen LogP contribution < -0.4 is 0 Å². The van der Waals surface area contributed by atoms with Crippen LogP contribution in [0.5, 0.6) is 0 Å². The van der Waals surface area contributed by atoms with Gasteiger partial charge in [0.05, 0.1) is 0 Å². The second-order valence-electron chi connectivity index (χ2n) is 4.99. The number of carbonyl (C=O) groups is 2. The Kier molecular flexibility index (Phi) is 3.61. The lowest BCUT2D eigenvalue weighted by Crippen LogP contribution is -2.40. The zero-order valence-corrected chi connectivity index (χ0v) is 10.9. The molecule has 1 aliphatic heterocycles. The molecule has 0 bridgehead atoms. The van der Waals surface area contributed by atoms with Crippen LogP contribution in [-0.2, 0) is 19.4 Å². The van der Waals surface area contributed by atoms with Gasteiger partial charge in [0.2, 0.25) is 5.91 Å². The second kappa shape index (κ2) is 4.87. The van der Waals surface area contributed by atoms with Crippen LogP contribution in [0.25, 0.3) is 0 Å². The van der Waals surface area contributed by atoms with E-state index in [-0.39, 0.29) is 5.92 Å². The summed E-state index contributed by atoms with van der Waals surface area (Å²) in [5.41, 5.74) is 0. The van der Waals surface area contributed by atoms with E-state index in [0.717, 1.165) is 12.8 Å². The first-order chi connectivity index (χ1) is 8.42. The van der Waals surface area contributed by atoms with Gasteiger partial charge in [0, 0.05) is 13.1 Å². The van der Waals surface area contributed by atoms with Crippen molar-refractivity contribution in [2.24, 2.45) is 5.92 Å². The van der Waals surface area contributed by atoms with E-state index in [1.54, 1.807) is 0 Å². The molecular formula is C11H17NO5S. The predicted octanol–water partition coefficient (Wildman–Crippen LogP) is -0.113. The monoisotopic (exact) mass is 275 g/mol. The molecule has 0 aromatic heterocycles. The standard InChI is InChI=1S/C11H17NO5S/c13-9(12-5-1-2-6-12)7-18(16,17)10(11(14)15)8-3-4-8/h8,10H,1-7H2,(H,14,15). The van der Waals surface area contributed by atoms with E-state index in [9.17, 15) is 18.0 Å². The van der Waals surface area contributed by atoms with Crippen molar-refractivity contribution in [3.8, 4) is 0 Å². The molecule has 2 aliphatic rings. The van der Waals surface area contributed by atoms with Crippen LogP contribution in [0.2, 0.25) is 0 Å². The summed E-state index contributed by atoms with van der Waals surface area (Å²) >= 11 is 0. The normalized spacial score (nSPS) is 21.9. The van der Waals surface area contributed by atoms with Crippen molar-refractivity contribution in [1.82, 2.24) is 4.90 Å².